The predicted molar refractivity (Wildman–Crippen MR) is 69.8 cm³/mol. The molecule has 1 heterocycles. The van der Waals surface area contributed by atoms with Crippen LogP contribution in [0.2, 0.25) is 0 Å². The average molecular weight is 329 g/mol. The molecule has 0 aliphatic carbocycles. The Morgan fingerprint density at radius 1 is 1.19 bits per heavy atom. The number of aromatic nitrogens is 2. The highest BCUT2D eigenvalue weighted by molar-refractivity contribution is 14.1. The van der Waals surface area contributed by atoms with Gasteiger partial charge in [-0.25, -0.2) is 0 Å². The maximum atomic E-state index is 5.55. The van der Waals surface area contributed by atoms with E-state index in [1.807, 2.05) is 43.3 Å². The monoisotopic (exact) mass is 329 g/mol. The summed E-state index contributed by atoms with van der Waals surface area (Å²) in [5.74, 6) is 1.21. The Hall–Kier alpha value is -0.950. The van der Waals surface area contributed by atoms with Gasteiger partial charge in [0.1, 0.15) is 0 Å². The molecule has 0 N–H and O–H groups in total. The summed E-state index contributed by atoms with van der Waals surface area (Å²) in [4.78, 5) is 1.99. The number of nitrogens with zero attached hydrogens (tertiary/aromatic N) is 3. The van der Waals surface area contributed by atoms with Crippen LogP contribution in [0.5, 0.6) is 0 Å². The SMILES string of the molecule is CN(C)Cc1nnc(-c2ccc(I)cc2)o1. The van der Waals surface area contributed by atoms with Crippen molar-refractivity contribution in [2.45, 2.75) is 6.54 Å². The number of benzene rings is 1. The molecule has 5 heteroatoms. The average Bonchev–Trinajstić information content (AvgIpc) is 2.66. The molecule has 0 radical (unpaired) electrons. The third-order valence-corrected chi connectivity index (χ3v) is 2.73. The number of hydrogen-bond donors (Lipinski definition) is 0. The molecular weight excluding hydrogens is 317 g/mol. The molecule has 0 aliphatic heterocycles. The van der Waals surface area contributed by atoms with E-state index in [1.54, 1.807) is 0 Å². The topological polar surface area (TPSA) is 42.2 Å². The lowest BCUT2D eigenvalue weighted by atomic mass is 10.2. The van der Waals surface area contributed by atoms with E-state index < -0.39 is 0 Å². The van der Waals surface area contributed by atoms with Gasteiger partial charge < -0.3 is 9.32 Å². The lowest BCUT2D eigenvalue weighted by Gasteiger charge is -2.03. The molecule has 84 valence electrons. The highest BCUT2D eigenvalue weighted by Crippen LogP contribution is 2.19. The molecule has 0 spiro atoms. The van der Waals surface area contributed by atoms with Gasteiger partial charge in [-0.1, -0.05) is 0 Å². The van der Waals surface area contributed by atoms with Crippen molar-refractivity contribution < 1.29 is 4.42 Å². The Balaban J connectivity index is 2.21. The van der Waals surface area contributed by atoms with E-state index >= 15 is 0 Å². The summed E-state index contributed by atoms with van der Waals surface area (Å²) in [6.45, 7) is 0.664. The summed E-state index contributed by atoms with van der Waals surface area (Å²) < 4.78 is 6.74. The molecule has 0 saturated carbocycles. The minimum Gasteiger partial charge on any atom is -0.419 e. The van der Waals surface area contributed by atoms with Crippen molar-refractivity contribution in [3.05, 3.63) is 33.7 Å². The van der Waals surface area contributed by atoms with Crippen molar-refractivity contribution in [2.24, 2.45) is 0 Å². The minimum atomic E-state index is 0.577. The normalized spacial score (nSPS) is 11.0. The van der Waals surface area contributed by atoms with Crippen LogP contribution in [0.15, 0.2) is 28.7 Å². The smallest absolute Gasteiger partial charge is 0.247 e. The molecule has 1 aromatic carbocycles. The second kappa shape index (κ2) is 4.92. The minimum absolute atomic E-state index is 0.577. The van der Waals surface area contributed by atoms with Crippen molar-refractivity contribution in [1.82, 2.24) is 15.1 Å². The van der Waals surface area contributed by atoms with E-state index in [9.17, 15) is 0 Å². The summed E-state index contributed by atoms with van der Waals surface area (Å²) in [5.41, 5.74) is 0.956. The summed E-state index contributed by atoms with van der Waals surface area (Å²) >= 11 is 2.26. The Morgan fingerprint density at radius 2 is 1.88 bits per heavy atom. The summed E-state index contributed by atoms with van der Waals surface area (Å²) in [5, 5.41) is 8.02. The molecule has 0 unspecified atom stereocenters. The summed E-state index contributed by atoms with van der Waals surface area (Å²) in [6.07, 6.45) is 0. The Labute approximate surface area is 108 Å². The van der Waals surface area contributed by atoms with Gasteiger partial charge in [0, 0.05) is 9.13 Å². The predicted octanol–water partition coefficient (Wildman–Crippen LogP) is 2.40. The first-order chi connectivity index (χ1) is 7.65. The fraction of sp³-hybridized carbons (Fsp3) is 0.273. The number of halogens is 1. The first-order valence-electron chi connectivity index (χ1n) is 4.88. The van der Waals surface area contributed by atoms with E-state index in [0.717, 1.165) is 5.56 Å². The molecule has 2 rings (SSSR count). The second-order valence-corrected chi connectivity index (χ2v) is 4.99. The molecule has 16 heavy (non-hydrogen) atoms. The molecule has 2 aromatic rings. The maximum absolute atomic E-state index is 5.55. The van der Waals surface area contributed by atoms with Crippen molar-refractivity contribution >= 4 is 22.6 Å². The van der Waals surface area contributed by atoms with Crippen LogP contribution < -0.4 is 0 Å². The van der Waals surface area contributed by atoms with Crippen LogP contribution in [0.25, 0.3) is 11.5 Å². The molecule has 0 fully saturated rings. The van der Waals surface area contributed by atoms with Crippen molar-refractivity contribution in [3.8, 4) is 11.5 Å². The van der Waals surface area contributed by atoms with Gasteiger partial charge in [-0.2, -0.15) is 0 Å². The van der Waals surface area contributed by atoms with Gasteiger partial charge in [0.25, 0.3) is 0 Å². The van der Waals surface area contributed by atoms with E-state index in [4.69, 9.17) is 4.42 Å². The lowest BCUT2D eigenvalue weighted by Crippen LogP contribution is -2.10. The molecule has 4 nitrogen and oxygen atoms in total. The largest absolute Gasteiger partial charge is 0.419 e. The molecule has 0 aliphatic rings. The van der Waals surface area contributed by atoms with Crippen molar-refractivity contribution in [2.75, 3.05) is 14.1 Å². The summed E-state index contributed by atoms with van der Waals surface area (Å²) in [7, 11) is 3.93. The van der Waals surface area contributed by atoms with Gasteiger partial charge in [0.2, 0.25) is 11.8 Å². The van der Waals surface area contributed by atoms with Crippen LogP contribution in [0.3, 0.4) is 0 Å². The molecule has 0 atom stereocenters. The van der Waals surface area contributed by atoms with Crippen LogP contribution in [0.1, 0.15) is 5.89 Å². The van der Waals surface area contributed by atoms with Crippen LogP contribution in [0.4, 0.5) is 0 Å². The first-order valence-corrected chi connectivity index (χ1v) is 5.96. The third-order valence-electron chi connectivity index (χ3n) is 2.01. The van der Waals surface area contributed by atoms with Crippen LogP contribution in [-0.2, 0) is 6.54 Å². The number of rotatable bonds is 3. The van der Waals surface area contributed by atoms with E-state index in [-0.39, 0.29) is 0 Å². The van der Waals surface area contributed by atoms with Crippen LogP contribution >= 0.6 is 22.6 Å². The molecular formula is C11H12IN3O. The Bertz CT molecular complexity index is 464. The van der Waals surface area contributed by atoms with Gasteiger partial charge in [-0.05, 0) is 61.0 Å². The van der Waals surface area contributed by atoms with Crippen LogP contribution in [0, 0.1) is 3.57 Å². The van der Waals surface area contributed by atoms with Gasteiger partial charge in [0.05, 0.1) is 6.54 Å². The highest BCUT2D eigenvalue weighted by Gasteiger charge is 2.08. The first kappa shape index (κ1) is 11.5. The highest BCUT2D eigenvalue weighted by atomic mass is 127. The second-order valence-electron chi connectivity index (χ2n) is 3.75. The Kier molecular flexibility index (Phi) is 3.55. The quantitative estimate of drug-likeness (QED) is 0.811. The Morgan fingerprint density at radius 3 is 2.50 bits per heavy atom. The van der Waals surface area contributed by atoms with E-state index in [1.165, 1.54) is 3.57 Å². The van der Waals surface area contributed by atoms with Gasteiger partial charge >= 0.3 is 0 Å². The van der Waals surface area contributed by atoms with E-state index in [0.29, 0.717) is 18.3 Å². The lowest BCUT2D eigenvalue weighted by molar-refractivity contribution is 0.344. The number of hydrogen-bond acceptors (Lipinski definition) is 4. The maximum Gasteiger partial charge on any atom is 0.247 e. The van der Waals surface area contributed by atoms with Crippen molar-refractivity contribution in [3.63, 3.8) is 0 Å². The van der Waals surface area contributed by atoms with Gasteiger partial charge in [-0.15, -0.1) is 10.2 Å². The molecule has 1 aromatic heterocycles. The zero-order chi connectivity index (χ0) is 11.5. The fourth-order valence-electron chi connectivity index (χ4n) is 1.30. The molecule has 0 saturated heterocycles. The van der Waals surface area contributed by atoms with Crippen molar-refractivity contribution in [1.29, 1.82) is 0 Å². The molecule has 0 amide bonds. The molecule has 0 bridgehead atoms. The zero-order valence-electron chi connectivity index (χ0n) is 9.14. The van der Waals surface area contributed by atoms with Gasteiger partial charge in [0.15, 0.2) is 0 Å². The van der Waals surface area contributed by atoms with Gasteiger partial charge in [-0.3, -0.25) is 0 Å². The summed E-state index contributed by atoms with van der Waals surface area (Å²) in [6, 6.07) is 8.00. The zero-order valence-corrected chi connectivity index (χ0v) is 11.3. The standard InChI is InChI=1S/C11H12IN3O/c1-15(2)7-10-13-14-11(16-10)8-3-5-9(12)6-4-8/h3-6H,7H2,1-2H3. The van der Waals surface area contributed by atoms with Crippen LogP contribution in [-0.4, -0.2) is 29.2 Å². The fourth-order valence-corrected chi connectivity index (χ4v) is 1.66. The van der Waals surface area contributed by atoms with E-state index in [2.05, 4.69) is 32.8 Å². The third kappa shape index (κ3) is 2.79.